The zero-order chi connectivity index (χ0) is 13.9. The van der Waals surface area contributed by atoms with E-state index in [2.05, 4.69) is 57.0 Å². The third-order valence-electron chi connectivity index (χ3n) is 5.30. The van der Waals surface area contributed by atoms with Crippen LogP contribution >= 0.6 is 0 Å². The van der Waals surface area contributed by atoms with E-state index < -0.39 is 0 Å². The predicted octanol–water partition coefficient (Wildman–Crippen LogP) is 0.791. The summed E-state index contributed by atoms with van der Waals surface area (Å²) in [4.78, 5) is 1.69. The highest BCUT2D eigenvalue weighted by molar-refractivity contribution is 5.17. The molecule has 0 bridgehead atoms. The largest absolute Gasteiger partial charge is 0.358 e. The fraction of sp³-hybridized carbons (Fsp3) is 0.647. The van der Waals surface area contributed by atoms with Gasteiger partial charge in [-0.2, -0.15) is 0 Å². The molecule has 0 aliphatic carbocycles. The Labute approximate surface area is 118 Å². The van der Waals surface area contributed by atoms with Gasteiger partial charge in [-0.3, -0.25) is 0 Å². The van der Waals surface area contributed by atoms with Crippen LogP contribution in [0, 0.1) is 11.3 Å². The number of hydrogen-bond donors (Lipinski definition) is 2. The molecule has 4 atom stereocenters. The van der Waals surface area contributed by atoms with Gasteiger partial charge in [0.15, 0.2) is 0 Å². The molecule has 1 aromatic carbocycles. The Morgan fingerprint density at radius 3 is 2.58 bits per heavy atom. The molecular weight excluding hydrogens is 232 g/mol. The van der Waals surface area contributed by atoms with E-state index in [0.29, 0.717) is 5.41 Å². The van der Waals surface area contributed by atoms with Crippen LogP contribution in [-0.4, -0.2) is 26.2 Å². The van der Waals surface area contributed by atoms with Crippen LogP contribution in [0.25, 0.3) is 0 Å². The van der Waals surface area contributed by atoms with E-state index in [9.17, 15) is 0 Å². The van der Waals surface area contributed by atoms with Crippen LogP contribution in [0.3, 0.4) is 0 Å². The Hall–Kier alpha value is -0.860. The van der Waals surface area contributed by atoms with Crippen molar-refractivity contribution in [3.8, 4) is 0 Å². The van der Waals surface area contributed by atoms with E-state index in [1.807, 2.05) is 0 Å². The number of hydrogen-bond acceptors (Lipinski definition) is 0. The molecule has 1 aliphatic rings. The van der Waals surface area contributed by atoms with E-state index in [1.165, 1.54) is 31.4 Å². The van der Waals surface area contributed by atoms with Crippen LogP contribution in [-0.2, 0) is 6.42 Å². The number of rotatable bonds is 4. The summed E-state index contributed by atoms with van der Waals surface area (Å²) in [6.07, 6.45) is 3.83. The second-order valence-corrected chi connectivity index (χ2v) is 6.68. The van der Waals surface area contributed by atoms with E-state index >= 15 is 0 Å². The highest BCUT2D eigenvalue weighted by Crippen LogP contribution is 2.40. The molecule has 0 saturated carbocycles. The molecule has 1 saturated heterocycles. The molecule has 1 aromatic rings. The Bertz CT molecular complexity index is 390. The van der Waals surface area contributed by atoms with Crippen LogP contribution in [0.15, 0.2) is 30.3 Å². The average molecular weight is 262 g/mol. The van der Waals surface area contributed by atoms with Gasteiger partial charge >= 0.3 is 0 Å². The first-order valence-electron chi connectivity index (χ1n) is 7.73. The van der Waals surface area contributed by atoms with E-state index in [0.717, 1.165) is 18.5 Å². The molecule has 19 heavy (non-hydrogen) atoms. The summed E-state index contributed by atoms with van der Waals surface area (Å²) < 4.78 is 0. The van der Waals surface area contributed by atoms with E-state index in [1.54, 1.807) is 4.90 Å². The first-order chi connectivity index (χ1) is 9.07. The van der Waals surface area contributed by atoms with Gasteiger partial charge in [0.25, 0.3) is 0 Å². The summed E-state index contributed by atoms with van der Waals surface area (Å²) in [5.74, 6) is 0.783. The zero-order valence-corrected chi connectivity index (χ0v) is 12.8. The fourth-order valence-corrected chi connectivity index (χ4v) is 3.92. The summed E-state index contributed by atoms with van der Waals surface area (Å²) >= 11 is 0. The third-order valence-corrected chi connectivity index (χ3v) is 5.30. The molecule has 2 nitrogen and oxygen atoms in total. The standard InChI is InChI=1S/C17H28N2/c1-14-13-19(3)15(2)11-17(14,9-10-18)12-16-7-5-4-6-8-16/h4-8,14-15H,9-13,18H2,1-3H3/p+2/t14-,15-,17+/m0/s1. The van der Waals surface area contributed by atoms with Crippen LogP contribution < -0.4 is 10.6 Å². The topological polar surface area (TPSA) is 32.1 Å². The molecule has 2 rings (SSSR count). The van der Waals surface area contributed by atoms with Crippen LogP contribution in [0.5, 0.6) is 0 Å². The van der Waals surface area contributed by atoms with Gasteiger partial charge in [-0.25, -0.2) is 0 Å². The molecule has 1 aliphatic heterocycles. The number of quaternary nitrogens is 2. The normalized spacial score (nSPS) is 35.3. The fourth-order valence-electron chi connectivity index (χ4n) is 3.92. The number of benzene rings is 1. The van der Waals surface area contributed by atoms with Crippen molar-refractivity contribution in [2.75, 3.05) is 20.1 Å². The first kappa shape index (κ1) is 14.5. The van der Waals surface area contributed by atoms with Crippen molar-refractivity contribution in [2.24, 2.45) is 11.3 Å². The molecule has 0 amide bonds. The molecule has 1 unspecified atom stereocenters. The van der Waals surface area contributed by atoms with Gasteiger partial charge in [0.2, 0.25) is 0 Å². The van der Waals surface area contributed by atoms with Gasteiger partial charge in [0.1, 0.15) is 0 Å². The SMILES string of the molecule is C[C@H]1C[C@](CC[NH3+])(Cc2ccccc2)[C@@H](C)C[NH+]1C. The Morgan fingerprint density at radius 2 is 1.95 bits per heavy atom. The molecule has 2 heteroatoms. The summed E-state index contributed by atoms with van der Waals surface area (Å²) in [6, 6.07) is 11.8. The van der Waals surface area contributed by atoms with Crippen molar-refractivity contribution in [3.05, 3.63) is 35.9 Å². The molecule has 4 N–H and O–H groups in total. The molecule has 1 fully saturated rings. The first-order valence-corrected chi connectivity index (χ1v) is 7.73. The maximum absolute atomic E-state index is 4.14. The minimum Gasteiger partial charge on any atom is -0.358 e. The molecule has 0 spiro atoms. The Balaban J connectivity index is 2.21. The summed E-state index contributed by atoms with van der Waals surface area (Å²) in [5, 5.41) is 0. The maximum atomic E-state index is 4.14. The van der Waals surface area contributed by atoms with E-state index in [-0.39, 0.29) is 0 Å². The molecular formula is C17H30N2+2. The smallest absolute Gasteiger partial charge is 0.0849 e. The molecule has 0 aromatic heterocycles. The van der Waals surface area contributed by atoms with Crippen molar-refractivity contribution >= 4 is 0 Å². The quantitative estimate of drug-likeness (QED) is 0.804. The van der Waals surface area contributed by atoms with Gasteiger partial charge in [-0.05, 0) is 24.3 Å². The second kappa shape index (κ2) is 6.06. The minimum absolute atomic E-state index is 0.460. The summed E-state index contributed by atoms with van der Waals surface area (Å²) in [5.41, 5.74) is 6.09. The highest BCUT2D eigenvalue weighted by atomic mass is 15.1. The van der Waals surface area contributed by atoms with E-state index in [4.69, 9.17) is 0 Å². The van der Waals surface area contributed by atoms with Crippen molar-refractivity contribution in [2.45, 2.75) is 39.2 Å². The minimum atomic E-state index is 0.460. The zero-order valence-electron chi connectivity index (χ0n) is 12.8. The van der Waals surface area contributed by atoms with Crippen molar-refractivity contribution in [1.29, 1.82) is 0 Å². The highest BCUT2D eigenvalue weighted by Gasteiger charge is 2.44. The summed E-state index contributed by atoms with van der Waals surface area (Å²) in [7, 11) is 2.35. The number of nitrogens with one attached hydrogen (secondary N) is 1. The second-order valence-electron chi connectivity index (χ2n) is 6.68. The third kappa shape index (κ3) is 3.18. The lowest BCUT2D eigenvalue weighted by molar-refractivity contribution is -0.916. The Morgan fingerprint density at radius 1 is 1.26 bits per heavy atom. The summed E-state index contributed by atoms with van der Waals surface area (Å²) in [6.45, 7) is 7.22. The molecule has 0 radical (unpaired) electrons. The maximum Gasteiger partial charge on any atom is 0.0849 e. The number of piperidine rings is 1. The van der Waals surface area contributed by atoms with Gasteiger partial charge in [0, 0.05) is 18.8 Å². The Kier molecular flexibility index (Phi) is 4.64. The predicted molar refractivity (Wildman–Crippen MR) is 79.9 cm³/mol. The lowest BCUT2D eigenvalue weighted by Crippen LogP contribution is -3.15. The van der Waals surface area contributed by atoms with Gasteiger partial charge in [-0.15, -0.1) is 0 Å². The van der Waals surface area contributed by atoms with Gasteiger partial charge < -0.3 is 10.6 Å². The van der Waals surface area contributed by atoms with Gasteiger partial charge in [-0.1, -0.05) is 37.3 Å². The van der Waals surface area contributed by atoms with Crippen LogP contribution in [0.4, 0.5) is 0 Å². The van der Waals surface area contributed by atoms with Crippen molar-refractivity contribution in [3.63, 3.8) is 0 Å². The molecule has 1 heterocycles. The average Bonchev–Trinajstić information content (AvgIpc) is 2.38. The molecule has 106 valence electrons. The lowest BCUT2D eigenvalue weighted by Gasteiger charge is -2.46. The monoisotopic (exact) mass is 262 g/mol. The van der Waals surface area contributed by atoms with Crippen LogP contribution in [0.1, 0.15) is 32.3 Å². The van der Waals surface area contributed by atoms with Gasteiger partial charge in [0.05, 0.1) is 26.2 Å². The number of likely N-dealkylation sites (tertiary alicyclic amines) is 1. The van der Waals surface area contributed by atoms with Crippen molar-refractivity contribution in [1.82, 2.24) is 0 Å². The lowest BCUT2D eigenvalue weighted by atomic mass is 9.64. The van der Waals surface area contributed by atoms with Crippen molar-refractivity contribution < 1.29 is 10.6 Å². The van der Waals surface area contributed by atoms with Crippen LogP contribution in [0.2, 0.25) is 0 Å².